The van der Waals surface area contributed by atoms with Crippen LogP contribution in [0.15, 0.2) is 0 Å². The number of carbonyl (C=O) groups is 2. The monoisotopic (exact) mass is 257 g/mol. The molecule has 1 unspecified atom stereocenters. The fourth-order valence-corrected chi connectivity index (χ4v) is 2.35. The highest BCUT2D eigenvalue weighted by Gasteiger charge is 2.21. The van der Waals surface area contributed by atoms with Gasteiger partial charge in [-0.25, -0.2) is 0 Å². The van der Waals surface area contributed by atoms with E-state index in [1.807, 2.05) is 4.90 Å². The van der Waals surface area contributed by atoms with Gasteiger partial charge in [-0.05, 0) is 25.2 Å². The molecule has 0 aliphatic carbocycles. The van der Waals surface area contributed by atoms with Crippen LogP contribution in [0.25, 0.3) is 0 Å². The molecule has 18 heavy (non-hydrogen) atoms. The number of hydrogen-bond donors (Lipinski definition) is 1. The maximum absolute atomic E-state index is 11.9. The number of nitrogens with zero attached hydrogens (tertiary/aromatic N) is 1. The van der Waals surface area contributed by atoms with E-state index >= 15 is 0 Å². The number of ether oxygens (including phenoxy) is 1. The minimum atomic E-state index is -0.908. The highest BCUT2D eigenvalue weighted by molar-refractivity contribution is 5.80. The summed E-state index contributed by atoms with van der Waals surface area (Å²) in [5, 5.41) is 8.60. The van der Waals surface area contributed by atoms with Crippen molar-refractivity contribution in [1.29, 1.82) is 0 Å². The Bertz CT molecular complexity index is 280. The van der Waals surface area contributed by atoms with Crippen molar-refractivity contribution in [2.45, 2.75) is 38.5 Å². The Morgan fingerprint density at radius 2 is 2.11 bits per heavy atom. The van der Waals surface area contributed by atoms with E-state index in [1.54, 1.807) is 7.11 Å². The quantitative estimate of drug-likeness (QED) is 0.783. The lowest BCUT2D eigenvalue weighted by Crippen LogP contribution is -2.35. The molecule has 0 aromatic rings. The summed E-state index contributed by atoms with van der Waals surface area (Å²) >= 11 is 0. The molecule has 104 valence electrons. The molecule has 5 heteroatoms. The molecular formula is C13H23NO4. The molecule has 1 fully saturated rings. The summed E-state index contributed by atoms with van der Waals surface area (Å²) in [6, 6.07) is 0. The molecule has 0 saturated carbocycles. The van der Waals surface area contributed by atoms with Crippen molar-refractivity contribution >= 4 is 11.9 Å². The second-order valence-electron chi connectivity index (χ2n) is 4.88. The average molecular weight is 257 g/mol. The Balaban J connectivity index is 2.42. The Hall–Kier alpha value is -1.10. The number of aliphatic carboxylic acids is 1. The van der Waals surface area contributed by atoms with Crippen molar-refractivity contribution < 1.29 is 19.4 Å². The van der Waals surface area contributed by atoms with Gasteiger partial charge in [-0.1, -0.05) is 6.42 Å². The first kappa shape index (κ1) is 15.0. The first-order chi connectivity index (χ1) is 8.63. The van der Waals surface area contributed by atoms with Crippen molar-refractivity contribution in [2.24, 2.45) is 5.92 Å². The number of methoxy groups -OCH3 is 1. The summed E-state index contributed by atoms with van der Waals surface area (Å²) < 4.78 is 5.08. The van der Waals surface area contributed by atoms with Crippen LogP contribution >= 0.6 is 0 Å². The van der Waals surface area contributed by atoms with Crippen molar-refractivity contribution in [3.63, 3.8) is 0 Å². The van der Waals surface area contributed by atoms with E-state index in [4.69, 9.17) is 9.84 Å². The zero-order valence-electron chi connectivity index (χ0n) is 11.1. The van der Waals surface area contributed by atoms with E-state index in [0.29, 0.717) is 5.92 Å². The van der Waals surface area contributed by atoms with Crippen molar-refractivity contribution in [3.8, 4) is 0 Å². The van der Waals surface area contributed by atoms with E-state index in [-0.39, 0.29) is 18.7 Å². The predicted molar refractivity (Wildman–Crippen MR) is 67.3 cm³/mol. The third kappa shape index (κ3) is 5.49. The Kier molecular flexibility index (Phi) is 6.72. The molecule has 1 rings (SSSR count). The molecule has 0 aromatic carbocycles. The molecule has 1 N–H and O–H groups in total. The first-order valence-electron chi connectivity index (χ1n) is 6.62. The van der Waals surface area contributed by atoms with Crippen LogP contribution in [-0.4, -0.2) is 48.7 Å². The molecular weight excluding hydrogens is 234 g/mol. The first-order valence-corrected chi connectivity index (χ1v) is 6.62. The molecule has 1 aliphatic heterocycles. The minimum absolute atomic E-state index is 0.0262. The van der Waals surface area contributed by atoms with Crippen molar-refractivity contribution in [3.05, 3.63) is 0 Å². The minimum Gasteiger partial charge on any atom is -0.481 e. The number of carbonyl (C=O) groups excluding carboxylic acids is 1. The summed E-state index contributed by atoms with van der Waals surface area (Å²) in [5.74, 6) is -0.447. The summed E-state index contributed by atoms with van der Waals surface area (Å²) in [6.07, 6.45) is 4.30. The highest BCUT2D eigenvalue weighted by Crippen LogP contribution is 2.20. The second-order valence-corrected chi connectivity index (χ2v) is 4.88. The van der Waals surface area contributed by atoms with E-state index in [9.17, 15) is 9.59 Å². The second kappa shape index (κ2) is 8.08. The molecule has 1 aliphatic rings. The van der Waals surface area contributed by atoms with Crippen molar-refractivity contribution in [2.75, 3.05) is 26.8 Å². The molecule has 1 heterocycles. The van der Waals surface area contributed by atoms with Gasteiger partial charge in [0.1, 0.15) is 0 Å². The molecule has 1 amide bonds. The van der Waals surface area contributed by atoms with Crippen LogP contribution < -0.4 is 0 Å². The molecule has 0 bridgehead atoms. The summed E-state index contributed by atoms with van der Waals surface area (Å²) in [5.41, 5.74) is 0. The summed E-state index contributed by atoms with van der Waals surface area (Å²) in [7, 11) is 1.69. The number of amides is 1. The molecule has 0 spiro atoms. The Labute approximate surface area is 108 Å². The summed E-state index contributed by atoms with van der Waals surface area (Å²) in [6.45, 7) is 2.24. The van der Waals surface area contributed by atoms with Gasteiger partial charge in [0, 0.05) is 33.2 Å². The van der Waals surface area contributed by atoms with Crippen LogP contribution in [0.3, 0.4) is 0 Å². The number of rotatable bonds is 6. The fraction of sp³-hybridized carbons (Fsp3) is 0.846. The average Bonchev–Trinajstić information content (AvgIpc) is 2.58. The number of hydrogen-bond acceptors (Lipinski definition) is 3. The van der Waals surface area contributed by atoms with Crippen molar-refractivity contribution in [1.82, 2.24) is 4.90 Å². The van der Waals surface area contributed by atoms with Gasteiger partial charge in [0.25, 0.3) is 0 Å². The van der Waals surface area contributed by atoms with Crippen LogP contribution in [0.2, 0.25) is 0 Å². The van der Waals surface area contributed by atoms with Gasteiger partial charge in [-0.2, -0.15) is 0 Å². The van der Waals surface area contributed by atoms with Gasteiger partial charge in [0.05, 0.1) is 6.42 Å². The van der Waals surface area contributed by atoms with E-state index in [2.05, 4.69) is 0 Å². The Morgan fingerprint density at radius 3 is 2.78 bits per heavy atom. The van der Waals surface area contributed by atoms with Gasteiger partial charge < -0.3 is 14.7 Å². The maximum Gasteiger partial charge on any atom is 0.303 e. The van der Waals surface area contributed by atoms with Crippen LogP contribution in [0.4, 0.5) is 0 Å². The zero-order chi connectivity index (χ0) is 13.4. The van der Waals surface area contributed by atoms with Gasteiger partial charge in [0.2, 0.25) is 5.91 Å². The molecule has 5 nitrogen and oxygen atoms in total. The van der Waals surface area contributed by atoms with Gasteiger partial charge in [0.15, 0.2) is 0 Å². The standard InChI is InChI=1S/C13H23NO4/c1-18-9-7-11-4-2-3-8-14(10-11)12(15)5-6-13(16)17/h11H,2-10H2,1H3,(H,16,17). The van der Waals surface area contributed by atoms with Crippen LogP contribution in [-0.2, 0) is 14.3 Å². The fourth-order valence-electron chi connectivity index (χ4n) is 2.35. The molecule has 0 aromatic heterocycles. The Morgan fingerprint density at radius 1 is 1.33 bits per heavy atom. The van der Waals surface area contributed by atoms with Crippen LogP contribution in [0.1, 0.15) is 38.5 Å². The number of carboxylic acid groups (broad SMARTS) is 1. The largest absolute Gasteiger partial charge is 0.481 e. The van der Waals surface area contributed by atoms with Crippen LogP contribution in [0.5, 0.6) is 0 Å². The third-order valence-electron chi connectivity index (χ3n) is 3.40. The van der Waals surface area contributed by atoms with E-state index in [1.165, 1.54) is 0 Å². The molecule has 1 saturated heterocycles. The zero-order valence-corrected chi connectivity index (χ0v) is 11.1. The van der Waals surface area contributed by atoms with Gasteiger partial charge >= 0.3 is 5.97 Å². The lowest BCUT2D eigenvalue weighted by molar-refractivity contribution is -0.141. The third-order valence-corrected chi connectivity index (χ3v) is 3.40. The van der Waals surface area contributed by atoms with Gasteiger partial charge in [-0.3, -0.25) is 9.59 Å². The predicted octanol–water partition coefficient (Wildman–Crippen LogP) is 1.52. The normalized spacial score (nSPS) is 20.5. The van der Waals surface area contributed by atoms with E-state index in [0.717, 1.165) is 45.4 Å². The lowest BCUT2D eigenvalue weighted by Gasteiger charge is -2.24. The SMILES string of the molecule is COCCC1CCCCN(C(=O)CCC(=O)O)C1. The highest BCUT2D eigenvalue weighted by atomic mass is 16.5. The van der Waals surface area contributed by atoms with Gasteiger partial charge in [-0.15, -0.1) is 0 Å². The topological polar surface area (TPSA) is 66.8 Å². The van der Waals surface area contributed by atoms with E-state index < -0.39 is 5.97 Å². The maximum atomic E-state index is 11.9. The molecule has 1 atom stereocenters. The smallest absolute Gasteiger partial charge is 0.303 e. The number of likely N-dealkylation sites (tertiary alicyclic amines) is 1. The summed E-state index contributed by atoms with van der Waals surface area (Å²) in [4.78, 5) is 24.2. The molecule has 0 radical (unpaired) electrons. The van der Waals surface area contributed by atoms with Crippen LogP contribution in [0, 0.1) is 5.92 Å². The number of carboxylic acids is 1. The lowest BCUT2D eigenvalue weighted by atomic mass is 10.00.